The number of amides is 1. The lowest BCUT2D eigenvalue weighted by Gasteiger charge is -2.13. The zero-order valence-electron chi connectivity index (χ0n) is 11.3. The smallest absolute Gasteiger partial charge is 0.230 e. The lowest BCUT2D eigenvalue weighted by atomic mass is 10.1. The molecule has 0 aliphatic heterocycles. The van der Waals surface area contributed by atoms with Crippen molar-refractivity contribution in [3.63, 3.8) is 0 Å². The molecule has 0 fully saturated rings. The average molecular weight is 308 g/mol. The molecule has 0 bridgehead atoms. The van der Waals surface area contributed by atoms with E-state index < -0.39 is 11.6 Å². The maximum absolute atomic E-state index is 13.4. The number of benzene rings is 1. The van der Waals surface area contributed by atoms with Gasteiger partial charge in [0.15, 0.2) is 0 Å². The highest BCUT2D eigenvalue weighted by molar-refractivity contribution is 8.00. The summed E-state index contributed by atoms with van der Waals surface area (Å²) in [6.07, 6.45) is 3.34. The van der Waals surface area contributed by atoms with Crippen LogP contribution in [-0.4, -0.2) is 16.6 Å². The average Bonchev–Trinajstić information content (AvgIpc) is 2.47. The van der Waals surface area contributed by atoms with E-state index in [4.69, 9.17) is 0 Å². The van der Waals surface area contributed by atoms with Crippen molar-refractivity contribution in [1.82, 2.24) is 10.3 Å². The van der Waals surface area contributed by atoms with Crippen LogP contribution in [0.4, 0.5) is 8.78 Å². The Balaban J connectivity index is 1.87. The fraction of sp³-hybridized carbons (Fsp3) is 0.200. The monoisotopic (exact) mass is 308 g/mol. The Kier molecular flexibility index (Phi) is 5.27. The van der Waals surface area contributed by atoms with Gasteiger partial charge >= 0.3 is 0 Å². The van der Waals surface area contributed by atoms with E-state index in [1.165, 1.54) is 12.1 Å². The van der Waals surface area contributed by atoms with Gasteiger partial charge in [-0.2, -0.15) is 0 Å². The SMILES string of the molecule is CC(NC(=O)CSc1ccc(F)cc1F)c1cccnc1. The summed E-state index contributed by atoms with van der Waals surface area (Å²) in [6, 6.07) is 6.78. The van der Waals surface area contributed by atoms with E-state index in [0.29, 0.717) is 0 Å². The first-order valence-electron chi connectivity index (χ1n) is 6.33. The van der Waals surface area contributed by atoms with Gasteiger partial charge in [-0.15, -0.1) is 11.8 Å². The Labute approximate surface area is 125 Å². The van der Waals surface area contributed by atoms with Gasteiger partial charge < -0.3 is 5.32 Å². The lowest BCUT2D eigenvalue weighted by Crippen LogP contribution is -2.28. The predicted octanol–water partition coefficient (Wildman–Crippen LogP) is 3.33. The van der Waals surface area contributed by atoms with Gasteiger partial charge in [-0.25, -0.2) is 8.78 Å². The summed E-state index contributed by atoms with van der Waals surface area (Å²) in [4.78, 5) is 16.1. The van der Waals surface area contributed by atoms with Gasteiger partial charge in [0.05, 0.1) is 11.8 Å². The first-order chi connectivity index (χ1) is 10.1. The molecule has 0 spiro atoms. The van der Waals surface area contributed by atoms with Crippen molar-refractivity contribution in [2.45, 2.75) is 17.9 Å². The second-order valence-corrected chi connectivity index (χ2v) is 5.46. The summed E-state index contributed by atoms with van der Waals surface area (Å²) in [6.45, 7) is 1.85. The molecule has 2 rings (SSSR count). The maximum Gasteiger partial charge on any atom is 0.230 e. The first kappa shape index (κ1) is 15.4. The summed E-state index contributed by atoms with van der Waals surface area (Å²) in [5, 5.41) is 2.80. The third-order valence-electron chi connectivity index (χ3n) is 2.81. The van der Waals surface area contributed by atoms with E-state index in [1.54, 1.807) is 18.5 Å². The van der Waals surface area contributed by atoms with E-state index in [0.717, 1.165) is 23.4 Å². The number of halogens is 2. The van der Waals surface area contributed by atoms with Crippen LogP contribution in [0.5, 0.6) is 0 Å². The van der Waals surface area contributed by atoms with Crippen LogP contribution in [0.2, 0.25) is 0 Å². The summed E-state index contributed by atoms with van der Waals surface area (Å²) in [5.74, 6) is -1.45. The number of aromatic nitrogens is 1. The highest BCUT2D eigenvalue weighted by atomic mass is 32.2. The third kappa shape index (κ3) is 4.53. The number of rotatable bonds is 5. The molecular formula is C15H14F2N2OS. The molecule has 1 aromatic heterocycles. The molecule has 1 N–H and O–H groups in total. The van der Waals surface area contributed by atoms with Crippen LogP contribution in [0.25, 0.3) is 0 Å². The number of hydrogen-bond donors (Lipinski definition) is 1. The molecule has 2 aromatic rings. The molecular weight excluding hydrogens is 294 g/mol. The van der Waals surface area contributed by atoms with Crippen molar-refractivity contribution in [3.05, 3.63) is 59.9 Å². The molecule has 0 radical (unpaired) electrons. The van der Waals surface area contributed by atoms with Gasteiger partial charge in [-0.3, -0.25) is 9.78 Å². The summed E-state index contributed by atoms with van der Waals surface area (Å²) in [5.41, 5.74) is 0.892. The Morgan fingerprint density at radius 3 is 2.86 bits per heavy atom. The van der Waals surface area contributed by atoms with Gasteiger partial charge in [-0.1, -0.05) is 6.07 Å². The standard InChI is InChI=1S/C15H14F2N2OS/c1-10(11-3-2-6-18-8-11)19-15(20)9-21-14-5-4-12(16)7-13(14)17/h2-8,10H,9H2,1H3,(H,19,20). The minimum atomic E-state index is -0.659. The zero-order chi connectivity index (χ0) is 15.2. The molecule has 1 amide bonds. The van der Waals surface area contributed by atoms with Crippen molar-refractivity contribution in [1.29, 1.82) is 0 Å². The molecule has 6 heteroatoms. The van der Waals surface area contributed by atoms with E-state index in [1.807, 2.05) is 13.0 Å². The molecule has 1 aromatic carbocycles. The highest BCUT2D eigenvalue weighted by Crippen LogP contribution is 2.22. The van der Waals surface area contributed by atoms with Crippen molar-refractivity contribution in [2.75, 3.05) is 5.75 Å². The second-order valence-electron chi connectivity index (χ2n) is 4.44. The van der Waals surface area contributed by atoms with E-state index in [-0.39, 0.29) is 22.6 Å². The third-order valence-corrected chi connectivity index (χ3v) is 3.86. The minimum Gasteiger partial charge on any atom is -0.349 e. The fourth-order valence-electron chi connectivity index (χ4n) is 1.73. The molecule has 1 atom stereocenters. The number of pyridine rings is 1. The Bertz CT molecular complexity index is 622. The second kappa shape index (κ2) is 7.17. The lowest BCUT2D eigenvalue weighted by molar-refractivity contribution is -0.119. The molecule has 0 aliphatic carbocycles. The van der Waals surface area contributed by atoms with Gasteiger partial charge in [0.1, 0.15) is 11.6 Å². The van der Waals surface area contributed by atoms with Crippen LogP contribution in [0.15, 0.2) is 47.6 Å². The van der Waals surface area contributed by atoms with Crippen molar-refractivity contribution in [2.24, 2.45) is 0 Å². The molecule has 21 heavy (non-hydrogen) atoms. The van der Waals surface area contributed by atoms with E-state index in [2.05, 4.69) is 10.3 Å². The zero-order valence-corrected chi connectivity index (χ0v) is 12.2. The van der Waals surface area contributed by atoms with Crippen LogP contribution in [0, 0.1) is 11.6 Å². The van der Waals surface area contributed by atoms with E-state index in [9.17, 15) is 13.6 Å². The van der Waals surface area contributed by atoms with Crippen LogP contribution in [-0.2, 0) is 4.79 Å². The van der Waals surface area contributed by atoms with Gasteiger partial charge in [-0.05, 0) is 30.7 Å². The predicted molar refractivity (Wildman–Crippen MR) is 77.9 cm³/mol. The van der Waals surface area contributed by atoms with E-state index >= 15 is 0 Å². The number of nitrogens with zero attached hydrogens (tertiary/aromatic N) is 1. The molecule has 0 saturated heterocycles. The van der Waals surface area contributed by atoms with Crippen LogP contribution in [0.1, 0.15) is 18.5 Å². The maximum atomic E-state index is 13.4. The van der Waals surface area contributed by atoms with Crippen LogP contribution in [0.3, 0.4) is 0 Å². The quantitative estimate of drug-likeness (QED) is 0.862. The Hall–Kier alpha value is -1.95. The van der Waals surface area contributed by atoms with Gasteiger partial charge in [0.2, 0.25) is 5.91 Å². The summed E-state index contributed by atoms with van der Waals surface area (Å²) in [7, 11) is 0. The summed E-state index contributed by atoms with van der Waals surface area (Å²) < 4.78 is 26.2. The van der Waals surface area contributed by atoms with Crippen molar-refractivity contribution >= 4 is 17.7 Å². The topological polar surface area (TPSA) is 42.0 Å². The van der Waals surface area contributed by atoms with Crippen molar-refractivity contribution < 1.29 is 13.6 Å². The number of carbonyl (C=O) groups is 1. The van der Waals surface area contributed by atoms with Gasteiger partial charge in [0.25, 0.3) is 0 Å². The van der Waals surface area contributed by atoms with Crippen molar-refractivity contribution in [3.8, 4) is 0 Å². The molecule has 1 heterocycles. The molecule has 0 saturated carbocycles. The van der Waals surface area contributed by atoms with Crippen LogP contribution < -0.4 is 5.32 Å². The highest BCUT2D eigenvalue weighted by Gasteiger charge is 2.11. The van der Waals surface area contributed by atoms with Crippen LogP contribution >= 0.6 is 11.8 Å². The molecule has 1 unspecified atom stereocenters. The summed E-state index contributed by atoms with van der Waals surface area (Å²) >= 11 is 1.03. The largest absolute Gasteiger partial charge is 0.349 e. The Morgan fingerprint density at radius 2 is 2.19 bits per heavy atom. The molecule has 0 aliphatic rings. The fourth-order valence-corrected chi connectivity index (χ4v) is 2.47. The number of nitrogens with one attached hydrogen (secondary N) is 1. The molecule has 110 valence electrons. The number of carbonyl (C=O) groups excluding carboxylic acids is 1. The Morgan fingerprint density at radius 1 is 1.38 bits per heavy atom. The minimum absolute atomic E-state index is 0.0627. The molecule has 3 nitrogen and oxygen atoms in total. The first-order valence-corrected chi connectivity index (χ1v) is 7.32. The number of thioether (sulfide) groups is 1. The number of hydrogen-bond acceptors (Lipinski definition) is 3. The normalized spacial score (nSPS) is 12.0. The van der Waals surface area contributed by atoms with Gasteiger partial charge in [0, 0.05) is 23.4 Å².